The molecular weight excluding hydrogens is 540 g/mol. The maximum Gasteiger partial charge on any atom is 0.348 e. The number of nitrogens with zero attached hydrogens (tertiary/aromatic N) is 2. The number of nitrogens with one attached hydrogen (secondary N) is 2. The van der Waals surface area contributed by atoms with Crippen LogP contribution < -0.4 is 10.6 Å². The predicted octanol–water partition coefficient (Wildman–Crippen LogP) is 5.10. The minimum Gasteiger partial charge on any atom is -0.465 e. The monoisotopic (exact) mass is 556 g/mol. The smallest absolute Gasteiger partial charge is 0.348 e. The Balaban J connectivity index is 1.79. The summed E-state index contributed by atoms with van der Waals surface area (Å²) in [7, 11) is 2.54. The largest absolute Gasteiger partial charge is 0.465 e. The van der Waals surface area contributed by atoms with Crippen molar-refractivity contribution >= 4 is 79.0 Å². The number of thiophene rings is 1. The van der Waals surface area contributed by atoms with Crippen LogP contribution in [0, 0.1) is 6.92 Å². The minimum atomic E-state index is -0.593. The van der Waals surface area contributed by atoms with Gasteiger partial charge in [-0.1, -0.05) is 29.8 Å². The van der Waals surface area contributed by atoms with Gasteiger partial charge >= 0.3 is 11.9 Å². The number of rotatable bonds is 6. The average Bonchev–Trinajstić information content (AvgIpc) is 3.27. The summed E-state index contributed by atoms with van der Waals surface area (Å²) in [6, 6.07) is 7.51. The number of hydrogen-bond donors (Lipinski definition) is 2. The number of esters is 2. The van der Waals surface area contributed by atoms with Crippen molar-refractivity contribution in [3.8, 4) is 0 Å². The molecule has 0 radical (unpaired) electrons. The van der Waals surface area contributed by atoms with Gasteiger partial charge in [-0.05, 0) is 52.3 Å². The Kier molecular flexibility index (Phi) is 7.88. The summed E-state index contributed by atoms with van der Waals surface area (Å²) in [4.78, 5) is 24.6. The third kappa shape index (κ3) is 5.29. The molecule has 0 spiro atoms. The zero-order valence-electron chi connectivity index (χ0n) is 17.2. The van der Waals surface area contributed by atoms with E-state index in [0.29, 0.717) is 32.4 Å². The van der Waals surface area contributed by atoms with Crippen molar-refractivity contribution in [2.75, 3.05) is 24.9 Å². The number of thiocarbonyl (C=S) groups is 1. The summed E-state index contributed by atoms with van der Waals surface area (Å²) in [5.74, 6) is -0.675. The zero-order chi connectivity index (χ0) is 23.4. The number of carbonyl (C=O) groups is 2. The zero-order valence-corrected chi connectivity index (χ0v) is 21.2. The summed E-state index contributed by atoms with van der Waals surface area (Å²) in [6.45, 7) is 2.11. The molecule has 168 valence electrons. The second-order valence-corrected chi connectivity index (χ2v) is 9.13. The summed E-state index contributed by atoms with van der Waals surface area (Å²) < 4.78 is 12.0. The van der Waals surface area contributed by atoms with E-state index in [-0.39, 0.29) is 15.6 Å². The molecule has 0 fully saturated rings. The summed E-state index contributed by atoms with van der Waals surface area (Å²) in [5, 5.41) is 11.6. The fourth-order valence-corrected chi connectivity index (χ4v) is 4.83. The first-order valence-electron chi connectivity index (χ1n) is 9.09. The molecule has 3 aromatic rings. The molecule has 0 aliphatic carbocycles. The van der Waals surface area contributed by atoms with Gasteiger partial charge in [0.05, 0.1) is 30.8 Å². The Hall–Kier alpha value is -2.47. The quantitative estimate of drug-likeness (QED) is 0.319. The lowest BCUT2D eigenvalue weighted by Crippen LogP contribution is -2.20. The van der Waals surface area contributed by atoms with Crippen molar-refractivity contribution < 1.29 is 19.1 Å². The van der Waals surface area contributed by atoms with Crippen LogP contribution in [-0.4, -0.2) is 41.1 Å². The molecule has 0 unspecified atom stereocenters. The maximum absolute atomic E-state index is 12.3. The molecule has 0 aliphatic rings. The van der Waals surface area contributed by atoms with E-state index in [1.165, 1.54) is 14.2 Å². The normalized spacial score (nSPS) is 10.5. The van der Waals surface area contributed by atoms with Crippen LogP contribution >= 0.6 is 51.1 Å². The molecule has 0 aliphatic heterocycles. The number of hydrogen-bond acceptors (Lipinski definition) is 7. The van der Waals surface area contributed by atoms with E-state index in [9.17, 15) is 9.59 Å². The first kappa shape index (κ1) is 24.2. The van der Waals surface area contributed by atoms with Gasteiger partial charge in [-0.2, -0.15) is 5.10 Å². The second kappa shape index (κ2) is 10.4. The highest BCUT2D eigenvalue weighted by atomic mass is 79.9. The fraction of sp³-hybridized carbons (Fsp3) is 0.200. The Morgan fingerprint density at radius 3 is 2.56 bits per heavy atom. The second-order valence-electron chi connectivity index (χ2n) is 6.44. The van der Waals surface area contributed by atoms with Crippen LogP contribution in [0.2, 0.25) is 5.02 Å². The Labute approximate surface area is 207 Å². The Bertz CT molecular complexity index is 1190. The van der Waals surface area contributed by atoms with Gasteiger partial charge in [0, 0.05) is 11.2 Å². The van der Waals surface area contributed by atoms with E-state index in [4.69, 9.17) is 33.3 Å². The maximum atomic E-state index is 12.3. The van der Waals surface area contributed by atoms with Crippen molar-refractivity contribution in [2.24, 2.45) is 0 Å². The third-order valence-corrected chi connectivity index (χ3v) is 6.71. The molecular formula is C20H18BrClN4O4S2. The SMILES string of the molecule is COC(=O)c1sc(NC(=S)Nc2nn(Cc3ccccc3Cl)cc2Br)c(C(=O)OC)c1C. The van der Waals surface area contributed by atoms with Gasteiger partial charge in [0.25, 0.3) is 0 Å². The van der Waals surface area contributed by atoms with E-state index < -0.39 is 11.9 Å². The van der Waals surface area contributed by atoms with Gasteiger partial charge in [0.15, 0.2) is 10.9 Å². The lowest BCUT2D eigenvalue weighted by Gasteiger charge is -2.09. The average molecular weight is 558 g/mol. The van der Waals surface area contributed by atoms with E-state index in [1.807, 2.05) is 24.3 Å². The van der Waals surface area contributed by atoms with E-state index in [1.54, 1.807) is 17.8 Å². The fourth-order valence-electron chi connectivity index (χ4n) is 2.84. The van der Waals surface area contributed by atoms with Gasteiger partial charge < -0.3 is 20.1 Å². The van der Waals surface area contributed by atoms with Crippen LogP contribution in [0.3, 0.4) is 0 Å². The van der Waals surface area contributed by atoms with E-state index in [2.05, 4.69) is 31.7 Å². The standard InChI is InChI=1S/C20H18BrClN4O4S2/c1-10-14(18(27)29-2)17(32-15(10)19(28)30-3)24-20(31)23-16-12(21)9-26(25-16)8-11-6-4-5-7-13(11)22/h4-7,9H,8H2,1-3H3,(H2,23,24,25,31). The van der Waals surface area contributed by atoms with Crippen molar-refractivity contribution in [1.82, 2.24) is 9.78 Å². The van der Waals surface area contributed by atoms with E-state index in [0.717, 1.165) is 16.9 Å². The van der Waals surface area contributed by atoms with Gasteiger partial charge in [-0.15, -0.1) is 11.3 Å². The Morgan fingerprint density at radius 1 is 1.22 bits per heavy atom. The third-order valence-electron chi connectivity index (χ3n) is 4.37. The van der Waals surface area contributed by atoms with Crippen molar-refractivity contribution in [3.63, 3.8) is 0 Å². The number of aromatic nitrogens is 2. The molecule has 2 aromatic heterocycles. The van der Waals surface area contributed by atoms with Crippen LogP contribution in [0.15, 0.2) is 34.9 Å². The predicted molar refractivity (Wildman–Crippen MR) is 132 cm³/mol. The first-order valence-corrected chi connectivity index (χ1v) is 11.5. The highest BCUT2D eigenvalue weighted by Gasteiger charge is 2.26. The highest BCUT2D eigenvalue weighted by molar-refractivity contribution is 9.10. The van der Waals surface area contributed by atoms with Crippen molar-refractivity contribution in [1.29, 1.82) is 0 Å². The van der Waals surface area contributed by atoms with Crippen LogP contribution in [0.1, 0.15) is 31.2 Å². The van der Waals surface area contributed by atoms with E-state index >= 15 is 0 Å². The molecule has 1 aromatic carbocycles. The molecule has 0 bridgehead atoms. The first-order chi connectivity index (χ1) is 15.2. The molecule has 2 heterocycles. The van der Waals surface area contributed by atoms with Crippen LogP contribution in [0.4, 0.5) is 10.8 Å². The van der Waals surface area contributed by atoms with Crippen molar-refractivity contribution in [2.45, 2.75) is 13.5 Å². The Morgan fingerprint density at radius 2 is 1.91 bits per heavy atom. The number of ether oxygens (including phenoxy) is 2. The number of anilines is 2. The molecule has 3 rings (SSSR count). The highest BCUT2D eigenvalue weighted by Crippen LogP contribution is 2.34. The lowest BCUT2D eigenvalue weighted by molar-refractivity contribution is 0.0601. The summed E-state index contributed by atoms with van der Waals surface area (Å²) in [6.07, 6.45) is 1.79. The van der Waals surface area contributed by atoms with Gasteiger partial charge in [-0.25, -0.2) is 9.59 Å². The van der Waals surface area contributed by atoms with Crippen LogP contribution in [0.25, 0.3) is 0 Å². The molecule has 0 saturated carbocycles. The topological polar surface area (TPSA) is 94.5 Å². The van der Waals surface area contributed by atoms with Gasteiger partial charge in [0.1, 0.15) is 9.88 Å². The van der Waals surface area contributed by atoms with Crippen LogP contribution in [0.5, 0.6) is 0 Å². The van der Waals surface area contributed by atoms with Gasteiger partial charge in [-0.3, -0.25) is 4.68 Å². The molecule has 32 heavy (non-hydrogen) atoms. The summed E-state index contributed by atoms with van der Waals surface area (Å²) >= 11 is 16.1. The van der Waals surface area contributed by atoms with Crippen LogP contribution in [-0.2, 0) is 16.0 Å². The number of methoxy groups -OCH3 is 2. The molecule has 12 heteroatoms. The lowest BCUT2D eigenvalue weighted by atomic mass is 10.1. The molecule has 8 nitrogen and oxygen atoms in total. The molecule has 0 atom stereocenters. The number of benzene rings is 1. The molecule has 2 N–H and O–H groups in total. The summed E-state index contributed by atoms with van der Waals surface area (Å²) in [5.41, 5.74) is 1.58. The number of carbonyl (C=O) groups excluding carboxylic acids is 2. The molecule has 0 amide bonds. The van der Waals surface area contributed by atoms with Crippen molar-refractivity contribution in [3.05, 3.63) is 61.5 Å². The molecule has 0 saturated heterocycles. The van der Waals surface area contributed by atoms with Gasteiger partial charge in [0.2, 0.25) is 0 Å². The minimum absolute atomic E-state index is 0.177. The number of halogens is 2.